The number of alkyl halides is 1. The van der Waals surface area contributed by atoms with Crippen molar-refractivity contribution in [2.75, 3.05) is 12.4 Å². The fraction of sp³-hybridized carbons (Fsp3) is 0.583. The van der Waals surface area contributed by atoms with Crippen molar-refractivity contribution in [2.45, 2.75) is 25.3 Å². The van der Waals surface area contributed by atoms with E-state index in [2.05, 4.69) is 21.2 Å². The van der Waals surface area contributed by atoms with Crippen LogP contribution >= 0.6 is 27.3 Å². The minimum absolute atomic E-state index is 0.0242. The van der Waals surface area contributed by atoms with E-state index in [1.807, 2.05) is 5.38 Å². The molecule has 2 atom stereocenters. The van der Waals surface area contributed by atoms with Gasteiger partial charge in [0.15, 0.2) is 0 Å². The van der Waals surface area contributed by atoms with Gasteiger partial charge in [-0.1, -0.05) is 22.4 Å². The third-order valence-electron chi connectivity index (χ3n) is 3.21. The van der Waals surface area contributed by atoms with Crippen molar-refractivity contribution in [3.8, 4) is 5.75 Å². The molecule has 0 saturated heterocycles. The van der Waals surface area contributed by atoms with Gasteiger partial charge in [-0.2, -0.15) is 0 Å². The zero-order valence-electron chi connectivity index (χ0n) is 9.74. The number of amides is 1. The summed E-state index contributed by atoms with van der Waals surface area (Å²) in [6, 6.07) is 2.10. The van der Waals surface area contributed by atoms with Gasteiger partial charge in [-0.25, -0.2) is 0 Å². The molecule has 5 heteroatoms. The summed E-state index contributed by atoms with van der Waals surface area (Å²) in [5.41, 5.74) is 0. The van der Waals surface area contributed by atoms with Gasteiger partial charge < -0.3 is 10.1 Å². The van der Waals surface area contributed by atoms with Crippen molar-refractivity contribution in [3.05, 3.63) is 16.3 Å². The molecule has 94 valence electrons. The van der Waals surface area contributed by atoms with Crippen molar-refractivity contribution in [1.82, 2.24) is 5.32 Å². The summed E-state index contributed by atoms with van der Waals surface area (Å²) in [6.45, 7) is 0. The number of nitrogens with one attached hydrogen (secondary N) is 1. The molecular formula is C12H16BrNO2S. The molecule has 0 aromatic carbocycles. The molecule has 2 rings (SSSR count). The average Bonchev–Trinajstić information content (AvgIpc) is 2.96. The lowest BCUT2D eigenvalue weighted by Crippen LogP contribution is -2.37. The third-order valence-corrected chi connectivity index (χ3v) is 4.95. The molecule has 1 saturated carbocycles. The highest BCUT2D eigenvalue weighted by Crippen LogP contribution is 2.28. The first-order chi connectivity index (χ1) is 8.24. The van der Waals surface area contributed by atoms with Crippen molar-refractivity contribution in [2.24, 2.45) is 5.92 Å². The molecule has 1 amide bonds. The number of methoxy groups -OCH3 is 1. The summed E-state index contributed by atoms with van der Waals surface area (Å²) < 4.78 is 5.08. The van der Waals surface area contributed by atoms with E-state index in [0.29, 0.717) is 12.0 Å². The van der Waals surface area contributed by atoms with E-state index >= 15 is 0 Å². The Morgan fingerprint density at radius 2 is 2.47 bits per heavy atom. The van der Waals surface area contributed by atoms with Crippen LogP contribution in [0.15, 0.2) is 11.4 Å². The average molecular weight is 318 g/mol. The van der Waals surface area contributed by atoms with E-state index < -0.39 is 0 Å². The van der Waals surface area contributed by atoms with Gasteiger partial charge in [0.25, 0.3) is 5.91 Å². The standard InChI is InChI=1S/C12H16BrNO2S/c1-16-9-5-11(17-7-9)12(15)14-10-4-2-3-8(10)6-13/h5,7-8,10H,2-4,6H2,1H3,(H,14,15). The van der Waals surface area contributed by atoms with Gasteiger partial charge in [-0.3, -0.25) is 4.79 Å². The molecule has 1 heterocycles. The lowest BCUT2D eigenvalue weighted by molar-refractivity contribution is 0.0934. The first-order valence-corrected chi connectivity index (χ1v) is 7.74. The molecule has 0 radical (unpaired) electrons. The largest absolute Gasteiger partial charge is 0.496 e. The number of carbonyl (C=O) groups is 1. The van der Waals surface area contributed by atoms with Crippen LogP contribution in [0.5, 0.6) is 5.75 Å². The van der Waals surface area contributed by atoms with Gasteiger partial charge in [0, 0.05) is 22.8 Å². The molecule has 1 N–H and O–H groups in total. The molecule has 1 fully saturated rings. The fourth-order valence-electron chi connectivity index (χ4n) is 2.20. The quantitative estimate of drug-likeness (QED) is 0.867. The maximum Gasteiger partial charge on any atom is 0.261 e. The van der Waals surface area contributed by atoms with Crippen molar-refractivity contribution in [1.29, 1.82) is 0 Å². The van der Waals surface area contributed by atoms with Crippen LogP contribution in [0.2, 0.25) is 0 Å². The monoisotopic (exact) mass is 317 g/mol. The first-order valence-electron chi connectivity index (χ1n) is 5.74. The SMILES string of the molecule is COc1csc(C(=O)NC2CCCC2CBr)c1. The van der Waals surface area contributed by atoms with E-state index in [1.54, 1.807) is 13.2 Å². The molecule has 2 unspecified atom stereocenters. The van der Waals surface area contributed by atoms with Gasteiger partial charge in [0.2, 0.25) is 0 Å². The Morgan fingerprint density at radius 3 is 3.12 bits per heavy atom. The number of thiophene rings is 1. The minimum Gasteiger partial charge on any atom is -0.496 e. The van der Waals surface area contributed by atoms with Crippen LogP contribution in [0, 0.1) is 5.92 Å². The summed E-state index contributed by atoms with van der Waals surface area (Å²) in [7, 11) is 1.61. The second kappa shape index (κ2) is 5.87. The predicted molar refractivity (Wildman–Crippen MR) is 73.3 cm³/mol. The van der Waals surface area contributed by atoms with Crippen LogP contribution in [-0.2, 0) is 0 Å². The molecule has 1 aromatic rings. The predicted octanol–water partition coefficient (Wildman–Crippen LogP) is 3.05. The van der Waals surface area contributed by atoms with E-state index in [-0.39, 0.29) is 5.91 Å². The van der Waals surface area contributed by atoms with Gasteiger partial charge >= 0.3 is 0 Å². The molecular weight excluding hydrogens is 302 g/mol. The Labute approximate surface area is 114 Å². The van der Waals surface area contributed by atoms with Gasteiger partial charge in [0.1, 0.15) is 5.75 Å². The van der Waals surface area contributed by atoms with Gasteiger partial charge in [0.05, 0.1) is 12.0 Å². The van der Waals surface area contributed by atoms with Crippen molar-refractivity contribution in [3.63, 3.8) is 0 Å². The van der Waals surface area contributed by atoms with E-state index in [1.165, 1.54) is 24.2 Å². The van der Waals surface area contributed by atoms with Crippen LogP contribution in [0.4, 0.5) is 0 Å². The van der Waals surface area contributed by atoms with E-state index in [9.17, 15) is 4.79 Å². The fourth-order valence-corrected chi connectivity index (χ4v) is 3.73. The van der Waals surface area contributed by atoms with Crippen LogP contribution < -0.4 is 10.1 Å². The third kappa shape index (κ3) is 3.01. The van der Waals surface area contributed by atoms with E-state index in [0.717, 1.165) is 22.4 Å². The Balaban J connectivity index is 1.96. The molecule has 0 aliphatic heterocycles. The summed E-state index contributed by atoms with van der Waals surface area (Å²) >= 11 is 4.94. The van der Waals surface area contributed by atoms with Crippen molar-refractivity contribution < 1.29 is 9.53 Å². The lowest BCUT2D eigenvalue weighted by Gasteiger charge is -2.18. The second-order valence-corrected chi connectivity index (χ2v) is 5.83. The summed E-state index contributed by atoms with van der Waals surface area (Å²) in [4.78, 5) is 12.7. The summed E-state index contributed by atoms with van der Waals surface area (Å²) in [5, 5.41) is 5.94. The highest BCUT2D eigenvalue weighted by atomic mass is 79.9. The smallest absolute Gasteiger partial charge is 0.261 e. The summed E-state index contributed by atoms with van der Waals surface area (Å²) in [5.74, 6) is 1.35. The first kappa shape index (κ1) is 12.9. The Morgan fingerprint density at radius 1 is 1.65 bits per heavy atom. The maximum absolute atomic E-state index is 12.0. The highest BCUT2D eigenvalue weighted by molar-refractivity contribution is 9.09. The van der Waals surface area contributed by atoms with Gasteiger partial charge in [-0.05, 0) is 18.8 Å². The topological polar surface area (TPSA) is 38.3 Å². The Bertz CT molecular complexity index is 394. The molecule has 0 bridgehead atoms. The number of hydrogen-bond donors (Lipinski definition) is 1. The molecule has 1 aliphatic carbocycles. The number of carbonyl (C=O) groups excluding carboxylic acids is 1. The Kier molecular flexibility index (Phi) is 4.45. The van der Waals surface area contributed by atoms with Crippen LogP contribution in [0.3, 0.4) is 0 Å². The molecule has 3 nitrogen and oxygen atoms in total. The molecule has 17 heavy (non-hydrogen) atoms. The van der Waals surface area contributed by atoms with Crippen molar-refractivity contribution >= 4 is 33.2 Å². The normalized spacial score (nSPS) is 23.6. The van der Waals surface area contributed by atoms with Crippen LogP contribution in [-0.4, -0.2) is 24.4 Å². The molecule has 1 aromatic heterocycles. The van der Waals surface area contributed by atoms with Crippen LogP contribution in [0.25, 0.3) is 0 Å². The Hall–Kier alpha value is -0.550. The number of halogens is 1. The van der Waals surface area contributed by atoms with Gasteiger partial charge in [-0.15, -0.1) is 11.3 Å². The molecule has 1 aliphatic rings. The zero-order valence-corrected chi connectivity index (χ0v) is 12.1. The van der Waals surface area contributed by atoms with Crippen LogP contribution in [0.1, 0.15) is 28.9 Å². The summed E-state index contributed by atoms with van der Waals surface area (Å²) in [6.07, 6.45) is 3.49. The lowest BCUT2D eigenvalue weighted by atomic mass is 10.1. The maximum atomic E-state index is 12.0. The highest BCUT2D eigenvalue weighted by Gasteiger charge is 2.28. The minimum atomic E-state index is 0.0242. The molecule has 0 spiro atoms. The number of hydrogen-bond acceptors (Lipinski definition) is 3. The number of ether oxygens (including phenoxy) is 1. The van der Waals surface area contributed by atoms with E-state index in [4.69, 9.17) is 4.74 Å². The number of rotatable bonds is 4. The zero-order chi connectivity index (χ0) is 12.3. The second-order valence-electron chi connectivity index (χ2n) is 4.28.